The van der Waals surface area contributed by atoms with Crippen molar-refractivity contribution in [3.8, 4) is 0 Å². The first kappa shape index (κ1) is 19.7. The summed E-state index contributed by atoms with van der Waals surface area (Å²) in [5.74, 6) is 0.194. The normalized spacial score (nSPS) is 36.5. The van der Waals surface area contributed by atoms with Crippen LogP contribution in [-0.2, 0) is 15.6 Å². The lowest BCUT2D eigenvalue weighted by molar-refractivity contribution is -0.139. The van der Waals surface area contributed by atoms with Gasteiger partial charge in [-0.3, -0.25) is 9.69 Å². The summed E-state index contributed by atoms with van der Waals surface area (Å²) in [5.41, 5.74) is 8.06. The zero-order chi connectivity index (χ0) is 22.7. The van der Waals surface area contributed by atoms with E-state index < -0.39 is 0 Å². The van der Waals surface area contributed by atoms with Crippen molar-refractivity contribution in [2.45, 2.75) is 62.8 Å². The van der Waals surface area contributed by atoms with Gasteiger partial charge in [-0.1, -0.05) is 42.0 Å². The molecule has 8 rings (SSSR count). The summed E-state index contributed by atoms with van der Waals surface area (Å²) in [7, 11) is 2.26. The molecule has 0 aromatic heterocycles. The molecule has 170 valence electrons. The van der Waals surface area contributed by atoms with Gasteiger partial charge in [-0.2, -0.15) is 0 Å². The molecule has 0 saturated carbocycles. The Balaban J connectivity index is 1.65. The monoisotopic (exact) mass is 440 g/mol. The number of benzene rings is 2. The molecular formula is C28H32N4O. The molecule has 1 amide bonds. The summed E-state index contributed by atoms with van der Waals surface area (Å²) in [6, 6.07) is 16.0. The molecule has 1 N–H and O–H groups in total. The van der Waals surface area contributed by atoms with E-state index in [2.05, 4.69) is 89.5 Å². The number of piperidine rings is 1. The van der Waals surface area contributed by atoms with E-state index in [-0.39, 0.29) is 35.1 Å². The number of fused-ring (bicyclic) bond motifs is 2. The second-order valence-electron chi connectivity index (χ2n) is 10.9. The lowest BCUT2D eigenvalue weighted by Crippen LogP contribution is -2.72. The van der Waals surface area contributed by atoms with Crippen molar-refractivity contribution in [1.29, 1.82) is 0 Å². The van der Waals surface area contributed by atoms with Crippen LogP contribution in [0.15, 0.2) is 54.1 Å². The molecule has 2 spiro atoms. The molecule has 2 aromatic rings. The van der Waals surface area contributed by atoms with E-state index >= 15 is 0 Å². The highest BCUT2D eigenvalue weighted by atomic mass is 16.2. The number of likely N-dealkylation sites (N-methyl/N-ethyl adjacent to an activating group) is 1. The highest BCUT2D eigenvalue weighted by Gasteiger charge is 2.75. The number of carbonyl (C=O) groups excluding carboxylic acids is 1. The minimum Gasteiger partial charge on any atom is -0.364 e. The van der Waals surface area contributed by atoms with Crippen molar-refractivity contribution in [2.75, 3.05) is 30.4 Å². The van der Waals surface area contributed by atoms with Gasteiger partial charge in [-0.25, -0.2) is 0 Å². The third-order valence-electron chi connectivity index (χ3n) is 9.38. The first-order chi connectivity index (χ1) is 15.9. The van der Waals surface area contributed by atoms with E-state index in [9.17, 15) is 4.79 Å². The summed E-state index contributed by atoms with van der Waals surface area (Å²) in [6.07, 6.45) is 4.78. The second kappa shape index (κ2) is 6.20. The number of rotatable bonds is 1. The number of anilines is 2. The molecule has 6 aliphatic rings. The van der Waals surface area contributed by atoms with Crippen molar-refractivity contribution in [2.24, 2.45) is 0 Å². The summed E-state index contributed by atoms with van der Waals surface area (Å²) < 4.78 is 0. The Hall–Kier alpha value is -2.79. The molecule has 0 radical (unpaired) electrons. The maximum absolute atomic E-state index is 13.1. The van der Waals surface area contributed by atoms with Crippen LogP contribution >= 0.6 is 0 Å². The Bertz CT molecular complexity index is 1230. The Labute approximate surface area is 196 Å². The third kappa shape index (κ3) is 2.03. The van der Waals surface area contributed by atoms with Crippen molar-refractivity contribution in [3.63, 3.8) is 0 Å². The van der Waals surface area contributed by atoms with Crippen LogP contribution in [0, 0.1) is 0 Å². The molecule has 6 aliphatic heterocycles. The molecule has 6 heterocycles. The average Bonchev–Trinajstić information content (AvgIpc) is 3.25. The average molecular weight is 441 g/mol. The Morgan fingerprint density at radius 1 is 1.03 bits per heavy atom. The fraction of sp³-hybridized carbons (Fsp3) is 0.464. The second-order valence-corrected chi connectivity index (χ2v) is 10.9. The van der Waals surface area contributed by atoms with Crippen LogP contribution in [0.1, 0.15) is 56.3 Å². The van der Waals surface area contributed by atoms with E-state index in [0.29, 0.717) is 0 Å². The molecule has 33 heavy (non-hydrogen) atoms. The van der Waals surface area contributed by atoms with Gasteiger partial charge in [0.15, 0.2) is 0 Å². The molecule has 5 heteroatoms. The minimum absolute atomic E-state index is 0.0573. The minimum atomic E-state index is -0.136. The molecule has 6 atom stereocenters. The van der Waals surface area contributed by atoms with Crippen LogP contribution in [0.25, 0.3) is 0 Å². The molecule has 2 fully saturated rings. The molecule has 2 bridgehead atoms. The number of amides is 1. The van der Waals surface area contributed by atoms with Gasteiger partial charge in [0.1, 0.15) is 6.17 Å². The van der Waals surface area contributed by atoms with Crippen molar-refractivity contribution in [3.05, 3.63) is 70.8 Å². The predicted molar refractivity (Wildman–Crippen MR) is 131 cm³/mol. The zero-order valence-corrected chi connectivity index (χ0v) is 19.9. The smallest absolute Gasteiger partial charge is 0.220 e. The lowest BCUT2D eigenvalue weighted by Gasteiger charge is -2.62. The number of para-hydroxylation sites is 1. The number of hydrogen-bond acceptors (Lipinski definition) is 4. The summed E-state index contributed by atoms with van der Waals surface area (Å²) in [4.78, 5) is 20.4. The third-order valence-corrected chi connectivity index (χ3v) is 9.38. The summed E-state index contributed by atoms with van der Waals surface area (Å²) in [6.45, 7) is 7.98. The van der Waals surface area contributed by atoms with Crippen LogP contribution < -0.4 is 10.2 Å². The van der Waals surface area contributed by atoms with Gasteiger partial charge in [0.05, 0.1) is 17.6 Å². The molecule has 1 unspecified atom stereocenters. The topological polar surface area (TPSA) is 38.8 Å². The lowest BCUT2D eigenvalue weighted by atomic mass is 9.50. The van der Waals surface area contributed by atoms with E-state index in [4.69, 9.17) is 0 Å². The van der Waals surface area contributed by atoms with Crippen molar-refractivity contribution in [1.82, 2.24) is 9.80 Å². The maximum Gasteiger partial charge on any atom is 0.220 e. The van der Waals surface area contributed by atoms with Crippen LogP contribution in [0.2, 0.25) is 0 Å². The number of likely N-dealkylation sites (tertiary alicyclic amines) is 1. The molecule has 5 nitrogen and oxygen atoms in total. The number of hydrogen-bond donors (Lipinski definition) is 1. The van der Waals surface area contributed by atoms with Crippen molar-refractivity contribution < 1.29 is 4.79 Å². The van der Waals surface area contributed by atoms with E-state index in [1.807, 2.05) is 0 Å². The quantitative estimate of drug-likeness (QED) is 0.669. The van der Waals surface area contributed by atoms with Crippen molar-refractivity contribution >= 4 is 17.3 Å². The van der Waals surface area contributed by atoms with E-state index in [1.165, 1.54) is 33.6 Å². The molecule has 2 saturated heterocycles. The summed E-state index contributed by atoms with van der Waals surface area (Å²) >= 11 is 0. The SMILES string of the molecule is CC(=O)N1CC[C@]23c4ccccc4N[C@H]4N(C)c5cccc6c5[C@]42CCN([C@H]6C=C(C)C)[C@H]13. The Kier molecular flexibility index (Phi) is 3.70. The molecular weight excluding hydrogens is 408 g/mol. The van der Waals surface area contributed by atoms with Crippen LogP contribution in [0.5, 0.6) is 0 Å². The maximum atomic E-state index is 13.1. The van der Waals surface area contributed by atoms with Gasteiger partial charge in [-0.15, -0.1) is 0 Å². The molecule has 2 aromatic carbocycles. The highest BCUT2D eigenvalue weighted by Crippen LogP contribution is 2.71. The number of carbonyl (C=O) groups is 1. The van der Waals surface area contributed by atoms with Gasteiger partial charge < -0.3 is 15.1 Å². The van der Waals surface area contributed by atoms with Gasteiger partial charge in [0.25, 0.3) is 0 Å². The fourth-order valence-corrected chi connectivity index (χ4v) is 8.48. The standard InChI is InChI=1S/C28H32N4O/c1-17(2)16-23-19-8-7-11-22-24(19)28-13-15-32(23)26-27(28,12-14-31(26)18(3)33)20-9-5-6-10-21(20)29-25(28)30(22)4/h5-11,16,23,25-26,29H,12-15H2,1-4H3/t23-,25-,26-,27+,28+/m0/s1. The first-order valence-corrected chi connectivity index (χ1v) is 12.3. The first-order valence-electron chi connectivity index (χ1n) is 12.3. The van der Waals surface area contributed by atoms with Crippen LogP contribution in [0.4, 0.5) is 11.4 Å². The number of allylic oxidation sites excluding steroid dienone is 1. The van der Waals surface area contributed by atoms with Gasteiger partial charge in [-0.05, 0) is 55.5 Å². The van der Waals surface area contributed by atoms with Gasteiger partial charge in [0, 0.05) is 43.9 Å². The molecule has 0 aliphatic carbocycles. The summed E-state index contributed by atoms with van der Waals surface area (Å²) in [5, 5.41) is 3.99. The van der Waals surface area contributed by atoms with Gasteiger partial charge in [0.2, 0.25) is 5.91 Å². The van der Waals surface area contributed by atoms with Crippen LogP contribution in [-0.4, -0.2) is 48.2 Å². The van der Waals surface area contributed by atoms with E-state index in [1.54, 1.807) is 6.92 Å². The highest BCUT2D eigenvalue weighted by molar-refractivity contribution is 5.80. The zero-order valence-electron chi connectivity index (χ0n) is 19.9. The number of nitrogens with one attached hydrogen (secondary N) is 1. The van der Waals surface area contributed by atoms with E-state index in [0.717, 1.165) is 25.9 Å². The Morgan fingerprint density at radius 3 is 2.61 bits per heavy atom. The Morgan fingerprint density at radius 2 is 1.82 bits per heavy atom. The predicted octanol–water partition coefficient (Wildman–Crippen LogP) is 4.37. The largest absolute Gasteiger partial charge is 0.364 e. The van der Waals surface area contributed by atoms with Crippen LogP contribution in [0.3, 0.4) is 0 Å². The number of nitrogens with zero attached hydrogens (tertiary/aromatic N) is 3. The van der Waals surface area contributed by atoms with Gasteiger partial charge >= 0.3 is 0 Å². The fourth-order valence-electron chi connectivity index (χ4n) is 8.48.